The number of guanidine groups is 1. The number of H-pyrrole nitrogens is 1. The zero-order valence-electron chi connectivity index (χ0n) is 16.4. The van der Waals surface area contributed by atoms with E-state index in [4.69, 9.17) is 16.2 Å². The van der Waals surface area contributed by atoms with Crippen LogP contribution in [-0.2, 0) is 0 Å². The third kappa shape index (κ3) is 4.92. The number of hydrogen-bond donors (Lipinski definition) is 4. The van der Waals surface area contributed by atoms with Crippen molar-refractivity contribution in [3.05, 3.63) is 59.8 Å². The van der Waals surface area contributed by atoms with E-state index >= 15 is 0 Å². The maximum Gasteiger partial charge on any atom is 0.272 e. The minimum Gasteiger partial charge on any atom is -0.497 e. The first kappa shape index (κ1) is 19.9. The van der Waals surface area contributed by atoms with Gasteiger partial charge in [-0.15, -0.1) is 5.10 Å². The molecule has 0 aliphatic heterocycles. The molecule has 0 aliphatic carbocycles. The van der Waals surface area contributed by atoms with Crippen LogP contribution in [-0.4, -0.2) is 29.7 Å². The van der Waals surface area contributed by atoms with E-state index in [1.807, 2.05) is 42.5 Å². The van der Waals surface area contributed by atoms with E-state index < -0.39 is 0 Å². The normalized spacial score (nSPS) is 11.3. The van der Waals surface area contributed by atoms with Crippen molar-refractivity contribution in [1.82, 2.24) is 4.98 Å². The van der Waals surface area contributed by atoms with E-state index in [1.165, 1.54) is 0 Å². The van der Waals surface area contributed by atoms with Gasteiger partial charge in [-0.25, -0.2) is 0 Å². The monoisotopic (exact) mass is 392 g/mol. The van der Waals surface area contributed by atoms with Gasteiger partial charge in [-0.3, -0.25) is 4.79 Å². The maximum absolute atomic E-state index is 12.6. The number of methoxy groups -OCH3 is 1. The molecule has 3 rings (SSSR count). The Hall–Kier alpha value is -3.81. The van der Waals surface area contributed by atoms with Crippen LogP contribution < -0.4 is 21.5 Å². The van der Waals surface area contributed by atoms with Crippen LogP contribution in [0.15, 0.2) is 58.7 Å². The van der Waals surface area contributed by atoms with Crippen molar-refractivity contribution in [3.63, 3.8) is 0 Å². The molecular formula is C21H24N6O2. The minimum absolute atomic E-state index is 0.0848. The molecule has 1 aromatic heterocycles. The summed E-state index contributed by atoms with van der Waals surface area (Å²) < 4.78 is 5.22. The smallest absolute Gasteiger partial charge is 0.272 e. The van der Waals surface area contributed by atoms with Gasteiger partial charge >= 0.3 is 0 Å². The maximum atomic E-state index is 12.6. The second-order valence-corrected chi connectivity index (χ2v) is 6.49. The van der Waals surface area contributed by atoms with Gasteiger partial charge in [0.25, 0.3) is 5.91 Å². The molecule has 1 heterocycles. The van der Waals surface area contributed by atoms with Gasteiger partial charge in [-0.1, -0.05) is 25.5 Å². The second kappa shape index (κ2) is 8.92. The van der Waals surface area contributed by atoms with E-state index in [9.17, 15) is 4.79 Å². The molecule has 3 aromatic rings. The Kier molecular flexibility index (Phi) is 6.13. The summed E-state index contributed by atoms with van der Waals surface area (Å²) >= 11 is 0. The quantitative estimate of drug-likeness (QED) is 0.279. The number of nitrogens with one attached hydrogen (secondary N) is 2. The molecule has 1 amide bonds. The van der Waals surface area contributed by atoms with Gasteiger partial charge in [0.05, 0.1) is 12.8 Å². The van der Waals surface area contributed by atoms with Crippen LogP contribution in [0.1, 0.15) is 35.8 Å². The van der Waals surface area contributed by atoms with Gasteiger partial charge in [-0.2, -0.15) is 5.10 Å². The lowest BCUT2D eigenvalue weighted by molar-refractivity contribution is 0.102. The summed E-state index contributed by atoms with van der Waals surface area (Å²) in [7, 11) is 1.61. The summed E-state index contributed by atoms with van der Waals surface area (Å²) in [5.74, 6) is 0.429. The third-order valence-electron chi connectivity index (χ3n) is 4.32. The average molecular weight is 392 g/mol. The summed E-state index contributed by atoms with van der Waals surface area (Å²) in [5, 5.41) is 11.6. The first-order chi connectivity index (χ1) is 14.0. The van der Waals surface area contributed by atoms with Crippen molar-refractivity contribution in [3.8, 4) is 5.75 Å². The van der Waals surface area contributed by atoms with Crippen molar-refractivity contribution in [2.75, 3.05) is 12.4 Å². The molecule has 0 saturated carbocycles. The molecule has 8 heteroatoms. The Morgan fingerprint density at radius 1 is 1.10 bits per heavy atom. The fourth-order valence-electron chi connectivity index (χ4n) is 2.91. The Labute approximate surface area is 168 Å². The highest BCUT2D eigenvalue weighted by molar-refractivity contribution is 6.06. The Balaban J connectivity index is 1.75. The van der Waals surface area contributed by atoms with Crippen LogP contribution in [0.2, 0.25) is 0 Å². The predicted molar refractivity (Wildman–Crippen MR) is 117 cm³/mol. The lowest BCUT2D eigenvalue weighted by Crippen LogP contribution is -2.22. The molecular weight excluding hydrogens is 368 g/mol. The van der Waals surface area contributed by atoms with E-state index in [0.717, 1.165) is 40.8 Å². The van der Waals surface area contributed by atoms with Gasteiger partial charge in [-0.05, 0) is 48.4 Å². The van der Waals surface area contributed by atoms with Gasteiger partial charge in [0.2, 0.25) is 5.96 Å². The van der Waals surface area contributed by atoms with Gasteiger partial charge in [0.15, 0.2) is 0 Å². The molecule has 0 unspecified atom stereocenters. The molecule has 8 nitrogen and oxygen atoms in total. The van der Waals surface area contributed by atoms with Crippen LogP contribution in [0.3, 0.4) is 0 Å². The molecule has 0 radical (unpaired) electrons. The van der Waals surface area contributed by atoms with E-state index in [0.29, 0.717) is 11.4 Å². The first-order valence-corrected chi connectivity index (χ1v) is 9.24. The van der Waals surface area contributed by atoms with E-state index in [1.54, 1.807) is 13.2 Å². The van der Waals surface area contributed by atoms with Crippen molar-refractivity contribution in [1.29, 1.82) is 0 Å². The predicted octanol–water partition coefficient (Wildman–Crippen LogP) is 3.21. The van der Waals surface area contributed by atoms with Crippen LogP contribution in [0.4, 0.5) is 5.69 Å². The summed E-state index contributed by atoms with van der Waals surface area (Å²) in [6.07, 6.45) is 1.64. The van der Waals surface area contributed by atoms with Crippen LogP contribution in [0, 0.1) is 0 Å². The van der Waals surface area contributed by atoms with Crippen molar-refractivity contribution < 1.29 is 9.53 Å². The largest absolute Gasteiger partial charge is 0.497 e. The van der Waals surface area contributed by atoms with E-state index in [-0.39, 0.29) is 11.9 Å². The standard InChI is InChI=1S/C21H24N6O2/c1-3-4-18(26-27-21(22)23)13-5-7-15(8-6-13)24-20(28)19-12-14-11-16(29-2)9-10-17(14)25-19/h5-12,25H,3-4H2,1-2H3,(H,24,28)(H4,22,23,27)/b26-18+. The lowest BCUT2D eigenvalue weighted by Gasteiger charge is -2.07. The van der Waals surface area contributed by atoms with Crippen LogP contribution in [0.25, 0.3) is 10.9 Å². The number of nitrogens with zero attached hydrogens (tertiary/aromatic N) is 2. The average Bonchev–Trinajstić information content (AvgIpc) is 3.15. The summed E-state index contributed by atoms with van der Waals surface area (Å²) in [5.41, 5.74) is 14.4. The van der Waals surface area contributed by atoms with Gasteiger partial charge in [0, 0.05) is 16.6 Å². The molecule has 2 aromatic carbocycles. The highest BCUT2D eigenvalue weighted by Gasteiger charge is 2.11. The highest BCUT2D eigenvalue weighted by Crippen LogP contribution is 2.22. The topological polar surface area (TPSA) is 131 Å². The third-order valence-corrected chi connectivity index (χ3v) is 4.32. The number of carbonyl (C=O) groups is 1. The second-order valence-electron chi connectivity index (χ2n) is 6.49. The number of fused-ring (bicyclic) bond motifs is 1. The lowest BCUT2D eigenvalue weighted by atomic mass is 10.1. The number of nitrogens with two attached hydrogens (primary N) is 2. The number of aromatic nitrogens is 1. The molecule has 0 spiro atoms. The number of hydrogen-bond acceptors (Lipinski definition) is 4. The fourth-order valence-corrected chi connectivity index (χ4v) is 2.91. The first-order valence-electron chi connectivity index (χ1n) is 9.24. The molecule has 6 N–H and O–H groups in total. The molecule has 29 heavy (non-hydrogen) atoms. The zero-order chi connectivity index (χ0) is 20.8. The molecule has 0 atom stereocenters. The van der Waals surface area contributed by atoms with Crippen molar-refractivity contribution in [2.45, 2.75) is 19.8 Å². The minimum atomic E-state index is -0.226. The summed E-state index contributed by atoms with van der Waals surface area (Å²) in [6, 6.07) is 14.8. The Bertz CT molecular complexity index is 1060. The number of aromatic amines is 1. The number of amides is 1. The van der Waals surface area contributed by atoms with Crippen molar-refractivity contribution >= 4 is 34.2 Å². The van der Waals surface area contributed by atoms with Crippen LogP contribution in [0.5, 0.6) is 5.75 Å². The number of anilines is 1. The summed E-state index contributed by atoms with van der Waals surface area (Å²) in [4.78, 5) is 15.7. The van der Waals surface area contributed by atoms with Gasteiger partial charge in [0.1, 0.15) is 11.4 Å². The molecule has 150 valence electrons. The number of benzene rings is 2. The zero-order valence-corrected chi connectivity index (χ0v) is 16.4. The molecule has 0 saturated heterocycles. The van der Waals surface area contributed by atoms with Crippen LogP contribution >= 0.6 is 0 Å². The SMILES string of the molecule is CCC/C(=N\N=C(N)N)c1ccc(NC(=O)c2cc3cc(OC)ccc3[nH]2)cc1. The molecule has 0 bridgehead atoms. The Morgan fingerprint density at radius 2 is 1.86 bits per heavy atom. The molecule has 0 fully saturated rings. The highest BCUT2D eigenvalue weighted by atomic mass is 16.5. The number of carbonyl (C=O) groups excluding carboxylic acids is 1. The fraction of sp³-hybridized carbons (Fsp3) is 0.190. The molecule has 0 aliphatic rings. The summed E-state index contributed by atoms with van der Waals surface area (Å²) in [6.45, 7) is 2.05. The Morgan fingerprint density at radius 3 is 2.52 bits per heavy atom. The van der Waals surface area contributed by atoms with E-state index in [2.05, 4.69) is 27.4 Å². The van der Waals surface area contributed by atoms with Gasteiger partial charge < -0.3 is 26.5 Å². The number of ether oxygens (including phenoxy) is 1. The van der Waals surface area contributed by atoms with Crippen molar-refractivity contribution in [2.24, 2.45) is 21.7 Å². The number of rotatable bonds is 7.